The number of aromatic nitrogens is 2. The number of H-pyrrole nitrogens is 1. The molecule has 3 N–H and O–H groups in total. The van der Waals surface area contributed by atoms with Gasteiger partial charge in [0.25, 0.3) is 0 Å². The summed E-state index contributed by atoms with van der Waals surface area (Å²) >= 11 is 0. The van der Waals surface area contributed by atoms with E-state index in [0.29, 0.717) is 18.0 Å². The van der Waals surface area contributed by atoms with Gasteiger partial charge >= 0.3 is 11.9 Å². The first-order valence-electron chi connectivity index (χ1n) is 12.7. The lowest BCUT2D eigenvalue weighted by molar-refractivity contribution is -0.143. The van der Waals surface area contributed by atoms with Gasteiger partial charge in [-0.15, -0.1) is 0 Å². The topological polar surface area (TPSA) is 116 Å². The molecular formula is C31H35N3O4. The van der Waals surface area contributed by atoms with E-state index in [-0.39, 0.29) is 0 Å². The van der Waals surface area contributed by atoms with Crippen molar-refractivity contribution in [2.24, 2.45) is 21.7 Å². The van der Waals surface area contributed by atoms with E-state index in [0.717, 1.165) is 33.5 Å². The Morgan fingerprint density at radius 1 is 0.763 bits per heavy atom. The summed E-state index contributed by atoms with van der Waals surface area (Å²) in [5.74, 6) is -2.64. The number of hydrogen-bond acceptors (Lipinski definition) is 4. The van der Waals surface area contributed by atoms with E-state index < -0.39 is 34.6 Å². The number of allylic oxidation sites excluding steroid dienone is 1. The Morgan fingerprint density at radius 3 is 1.71 bits per heavy atom. The summed E-state index contributed by atoms with van der Waals surface area (Å²) < 4.78 is 0. The van der Waals surface area contributed by atoms with Crippen LogP contribution in [0.2, 0.25) is 0 Å². The lowest BCUT2D eigenvalue weighted by Gasteiger charge is -2.27. The van der Waals surface area contributed by atoms with Crippen LogP contribution in [0.25, 0.3) is 28.0 Å². The van der Waals surface area contributed by atoms with Crippen molar-refractivity contribution < 1.29 is 19.8 Å². The molecule has 0 aliphatic carbocycles. The van der Waals surface area contributed by atoms with E-state index in [2.05, 4.69) is 27.1 Å². The van der Waals surface area contributed by atoms with Gasteiger partial charge < -0.3 is 15.2 Å². The van der Waals surface area contributed by atoms with Crippen LogP contribution in [0.4, 0.5) is 0 Å². The summed E-state index contributed by atoms with van der Waals surface area (Å²) in [5, 5.41) is 19.4. The number of benzene rings is 2. The first-order chi connectivity index (χ1) is 17.8. The quantitative estimate of drug-likeness (QED) is 0.318. The molecule has 0 spiro atoms. The van der Waals surface area contributed by atoms with E-state index in [1.165, 1.54) is 0 Å². The van der Waals surface area contributed by atoms with Crippen molar-refractivity contribution in [3.8, 4) is 22.4 Å². The van der Waals surface area contributed by atoms with Crippen LogP contribution in [0, 0.1) is 16.7 Å². The number of hydrogen-bond donors (Lipinski definition) is 3. The third-order valence-electron chi connectivity index (χ3n) is 6.97. The smallest absolute Gasteiger partial charge is 0.314 e. The second kappa shape index (κ2) is 10.0. The summed E-state index contributed by atoms with van der Waals surface area (Å²) in [6, 6.07) is 16.2. The number of carbonyl (C=O) groups is 2. The van der Waals surface area contributed by atoms with Crippen LogP contribution in [-0.2, 0) is 9.59 Å². The first-order valence-corrected chi connectivity index (χ1v) is 12.7. The zero-order chi connectivity index (χ0) is 27.8. The highest BCUT2D eigenvalue weighted by atomic mass is 16.4. The van der Waals surface area contributed by atoms with Crippen molar-refractivity contribution in [2.45, 2.75) is 53.9 Å². The molecule has 0 radical (unpaired) electrons. The standard InChI is InChI=1S/C31H35N3O4/c1-30(2,3)25(28(35)36)23-15-22(16-32-23)20-9-7-18(8-10-20)19-11-13-21(14-12-19)24-17-33-27(34-24)26(29(37)38)31(4,5)6/h7-14,16-17,25-26H,15H2,1-6H3,(H,33,34)(H,35,36)(H,37,38). The zero-order valence-electron chi connectivity index (χ0n) is 22.7. The molecular weight excluding hydrogens is 478 g/mol. The molecule has 1 aromatic heterocycles. The fraction of sp³-hybridized carbons (Fsp3) is 0.355. The highest BCUT2D eigenvalue weighted by molar-refractivity contribution is 6.09. The maximum Gasteiger partial charge on any atom is 0.314 e. The van der Waals surface area contributed by atoms with Crippen molar-refractivity contribution in [2.75, 3.05) is 0 Å². The van der Waals surface area contributed by atoms with Gasteiger partial charge in [0, 0.05) is 18.3 Å². The molecule has 1 aliphatic heterocycles. The van der Waals surface area contributed by atoms with Gasteiger partial charge in [0.05, 0.1) is 11.9 Å². The molecule has 7 heteroatoms. The summed E-state index contributed by atoms with van der Waals surface area (Å²) in [7, 11) is 0. The van der Waals surface area contributed by atoms with Crippen LogP contribution in [0.5, 0.6) is 0 Å². The third-order valence-corrected chi connectivity index (χ3v) is 6.97. The highest BCUT2D eigenvalue weighted by Crippen LogP contribution is 2.36. The average molecular weight is 514 g/mol. The minimum atomic E-state index is -0.899. The van der Waals surface area contributed by atoms with Crippen LogP contribution in [0.1, 0.15) is 65.3 Å². The van der Waals surface area contributed by atoms with Gasteiger partial charge in [-0.1, -0.05) is 90.1 Å². The van der Waals surface area contributed by atoms with Gasteiger partial charge in [-0.2, -0.15) is 0 Å². The predicted octanol–water partition coefficient (Wildman–Crippen LogP) is 6.89. The number of imidazole rings is 1. The molecule has 0 fully saturated rings. The normalized spacial score (nSPS) is 15.5. The van der Waals surface area contributed by atoms with Crippen molar-refractivity contribution in [3.63, 3.8) is 0 Å². The molecule has 2 atom stereocenters. The summed E-state index contributed by atoms with van der Waals surface area (Å²) in [4.78, 5) is 35.7. The number of carboxylic acids is 2. The number of aliphatic imine (C=N–C) groups is 1. The molecule has 3 aromatic rings. The van der Waals surface area contributed by atoms with Crippen molar-refractivity contribution in [3.05, 3.63) is 72.3 Å². The average Bonchev–Trinajstić information content (AvgIpc) is 3.47. The lowest BCUT2D eigenvalue weighted by atomic mass is 9.76. The molecule has 4 rings (SSSR count). The molecule has 0 saturated heterocycles. The van der Waals surface area contributed by atoms with Gasteiger partial charge in [0.1, 0.15) is 17.7 Å². The molecule has 0 bridgehead atoms. The molecule has 2 aromatic carbocycles. The van der Waals surface area contributed by atoms with E-state index in [1.54, 1.807) is 12.4 Å². The first kappa shape index (κ1) is 27.0. The van der Waals surface area contributed by atoms with Crippen molar-refractivity contribution in [1.82, 2.24) is 9.97 Å². The van der Waals surface area contributed by atoms with E-state index >= 15 is 0 Å². The van der Waals surface area contributed by atoms with Gasteiger partial charge in [-0.25, -0.2) is 4.98 Å². The summed E-state index contributed by atoms with van der Waals surface area (Å²) in [6.45, 7) is 11.5. The van der Waals surface area contributed by atoms with E-state index in [4.69, 9.17) is 0 Å². The fourth-order valence-corrected chi connectivity index (χ4v) is 5.06. The summed E-state index contributed by atoms with van der Waals surface area (Å²) in [5.41, 5.74) is 5.67. The number of carboxylic acid groups (broad SMARTS) is 2. The molecule has 1 aliphatic rings. The largest absolute Gasteiger partial charge is 0.481 e. The minimum Gasteiger partial charge on any atom is -0.481 e. The SMILES string of the molecule is CC(C)(C)C(C(=O)O)C1=NC=C(c2ccc(-c3ccc(-c4cnc(C(C(=O)O)C(C)(C)C)[nH]4)cc3)cc2)C1. The van der Waals surface area contributed by atoms with Crippen molar-refractivity contribution in [1.29, 1.82) is 0 Å². The number of rotatable bonds is 7. The maximum atomic E-state index is 11.9. The second-order valence-electron chi connectivity index (χ2n) is 12.1. The van der Waals surface area contributed by atoms with Crippen LogP contribution in [-0.4, -0.2) is 37.8 Å². The maximum absolute atomic E-state index is 11.9. The third kappa shape index (κ3) is 5.62. The van der Waals surface area contributed by atoms with Gasteiger partial charge in [-0.3, -0.25) is 14.6 Å². The van der Waals surface area contributed by atoms with E-state index in [1.807, 2.05) is 77.9 Å². The van der Waals surface area contributed by atoms with Gasteiger partial charge in [0.2, 0.25) is 0 Å². The Balaban J connectivity index is 1.47. The zero-order valence-corrected chi connectivity index (χ0v) is 22.7. The molecule has 0 amide bonds. The summed E-state index contributed by atoms with van der Waals surface area (Å²) in [6.07, 6.45) is 4.00. The molecule has 0 saturated carbocycles. The van der Waals surface area contributed by atoms with Crippen LogP contribution >= 0.6 is 0 Å². The number of nitrogens with zero attached hydrogens (tertiary/aromatic N) is 2. The monoisotopic (exact) mass is 513 g/mol. The Kier molecular flexibility index (Phi) is 7.15. The minimum absolute atomic E-state index is 0.410. The number of aliphatic carboxylic acids is 2. The van der Waals surface area contributed by atoms with Crippen LogP contribution in [0.3, 0.4) is 0 Å². The Bertz CT molecular complexity index is 1400. The van der Waals surface area contributed by atoms with Crippen LogP contribution in [0.15, 0.2) is 65.9 Å². The highest BCUT2D eigenvalue weighted by Gasteiger charge is 2.37. The molecule has 198 valence electrons. The number of nitrogens with one attached hydrogen (secondary N) is 1. The second-order valence-corrected chi connectivity index (χ2v) is 12.1. The fourth-order valence-electron chi connectivity index (χ4n) is 5.06. The Morgan fingerprint density at radius 2 is 1.24 bits per heavy atom. The Hall–Kier alpha value is -4.00. The molecule has 38 heavy (non-hydrogen) atoms. The van der Waals surface area contributed by atoms with Gasteiger partial charge in [-0.05, 0) is 38.7 Å². The Labute approximate surface area is 223 Å². The molecule has 2 unspecified atom stereocenters. The van der Waals surface area contributed by atoms with E-state index in [9.17, 15) is 19.8 Å². The van der Waals surface area contributed by atoms with Crippen LogP contribution < -0.4 is 0 Å². The molecule has 7 nitrogen and oxygen atoms in total. The van der Waals surface area contributed by atoms with Crippen molar-refractivity contribution >= 4 is 23.2 Å². The lowest BCUT2D eigenvalue weighted by Crippen LogP contribution is -2.34. The number of aromatic amines is 1. The predicted molar refractivity (Wildman–Crippen MR) is 150 cm³/mol. The van der Waals surface area contributed by atoms with Gasteiger partial charge in [0.15, 0.2) is 0 Å². The molecule has 2 heterocycles.